The van der Waals surface area contributed by atoms with Gasteiger partial charge in [0.15, 0.2) is 5.96 Å². The predicted octanol–water partition coefficient (Wildman–Crippen LogP) is 2.80. The van der Waals surface area contributed by atoms with E-state index in [1.807, 2.05) is 30.1 Å². The van der Waals surface area contributed by atoms with E-state index in [2.05, 4.69) is 22.4 Å². The maximum absolute atomic E-state index is 10.7. The highest BCUT2D eigenvalue weighted by atomic mass is 16.6. The Morgan fingerprint density at radius 2 is 1.78 bits per heavy atom. The zero-order valence-electron chi connectivity index (χ0n) is 13.3. The highest BCUT2D eigenvalue weighted by Gasteiger charge is 2.07. The number of nitrogens with zero attached hydrogens (tertiary/aromatic N) is 3. The second kappa shape index (κ2) is 7.93. The van der Waals surface area contributed by atoms with E-state index in [0.29, 0.717) is 6.54 Å². The topological polar surface area (TPSA) is 70.8 Å². The number of hydrogen-bond acceptors (Lipinski definition) is 3. The van der Waals surface area contributed by atoms with Crippen molar-refractivity contribution >= 4 is 11.6 Å². The minimum Gasteiger partial charge on any atom is -0.352 e. The molecule has 0 amide bonds. The number of nitro groups is 1. The highest BCUT2D eigenvalue weighted by Crippen LogP contribution is 2.11. The summed E-state index contributed by atoms with van der Waals surface area (Å²) in [6.07, 6.45) is 0. The molecule has 0 bridgehead atoms. The van der Waals surface area contributed by atoms with Gasteiger partial charge in [-0.05, 0) is 11.1 Å². The van der Waals surface area contributed by atoms with E-state index in [1.54, 1.807) is 19.2 Å². The SMILES string of the molecule is CN=C(NCc1ccc([N+](=O)[O-])cc1)N(C)Cc1ccccc1. The van der Waals surface area contributed by atoms with Crippen molar-refractivity contribution in [2.75, 3.05) is 14.1 Å². The Morgan fingerprint density at radius 1 is 1.13 bits per heavy atom. The molecule has 0 heterocycles. The van der Waals surface area contributed by atoms with Gasteiger partial charge in [-0.15, -0.1) is 0 Å². The second-order valence-corrected chi connectivity index (χ2v) is 5.17. The molecule has 0 radical (unpaired) electrons. The summed E-state index contributed by atoms with van der Waals surface area (Å²) in [6.45, 7) is 1.31. The maximum atomic E-state index is 10.7. The number of hydrogen-bond donors (Lipinski definition) is 1. The van der Waals surface area contributed by atoms with Crippen molar-refractivity contribution < 1.29 is 4.92 Å². The van der Waals surface area contributed by atoms with E-state index < -0.39 is 4.92 Å². The molecule has 0 aliphatic rings. The van der Waals surface area contributed by atoms with Crippen molar-refractivity contribution in [2.24, 2.45) is 4.99 Å². The first-order valence-corrected chi connectivity index (χ1v) is 7.29. The van der Waals surface area contributed by atoms with Crippen LogP contribution in [0.3, 0.4) is 0 Å². The average molecular weight is 312 g/mol. The van der Waals surface area contributed by atoms with Crippen LogP contribution in [0.25, 0.3) is 0 Å². The van der Waals surface area contributed by atoms with Crippen molar-refractivity contribution in [2.45, 2.75) is 13.1 Å². The fourth-order valence-electron chi connectivity index (χ4n) is 2.23. The van der Waals surface area contributed by atoms with Crippen LogP contribution < -0.4 is 5.32 Å². The van der Waals surface area contributed by atoms with Crippen LogP contribution in [-0.4, -0.2) is 29.9 Å². The molecule has 1 N–H and O–H groups in total. The van der Waals surface area contributed by atoms with Crippen molar-refractivity contribution in [3.05, 3.63) is 75.8 Å². The molecular formula is C17H20N4O2. The molecule has 0 saturated heterocycles. The number of aliphatic imine (C=N–C) groups is 1. The van der Waals surface area contributed by atoms with Crippen molar-refractivity contribution in [3.8, 4) is 0 Å². The third-order valence-corrected chi connectivity index (χ3v) is 3.43. The Balaban J connectivity index is 1.93. The first-order chi connectivity index (χ1) is 11.1. The maximum Gasteiger partial charge on any atom is 0.269 e. The van der Waals surface area contributed by atoms with E-state index in [4.69, 9.17) is 0 Å². The lowest BCUT2D eigenvalue weighted by atomic mass is 10.2. The third kappa shape index (κ3) is 4.81. The molecule has 120 valence electrons. The van der Waals surface area contributed by atoms with Crippen LogP contribution in [0.15, 0.2) is 59.6 Å². The fourth-order valence-corrected chi connectivity index (χ4v) is 2.23. The van der Waals surface area contributed by atoms with Gasteiger partial charge in [-0.25, -0.2) is 0 Å². The van der Waals surface area contributed by atoms with Crippen LogP contribution in [0.1, 0.15) is 11.1 Å². The number of nitro benzene ring substituents is 1. The fraction of sp³-hybridized carbons (Fsp3) is 0.235. The normalized spacial score (nSPS) is 11.1. The molecule has 0 atom stereocenters. The van der Waals surface area contributed by atoms with E-state index in [1.165, 1.54) is 17.7 Å². The molecule has 0 unspecified atom stereocenters. The largest absolute Gasteiger partial charge is 0.352 e. The van der Waals surface area contributed by atoms with Crippen LogP contribution in [-0.2, 0) is 13.1 Å². The van der Waals surface area contributed by atoms with E-state index in [0.717, 1.165) is 18.1 Å². The molecule has 0 aliphatic heterocycles. The summed E-state index contributed by atoms with van der Waals surface area (Å²) in [5, 5.41) is 13.9. The van der Waals surface area contributed by atoms with Gasteiger partial charge in [-0.3, -0.25) is 15.1 Å². The Kier molecular flexibility index (Phi) is 5.68. The lowest BCUT2D eigenvalue weighted by Crippen LogP contribution is -2.38. The number of nitrogens with one attached hydrogen (secondary N) is 1. The Bertz CT molecular complexity index is 669. The molecule has 6 heteroatoms. The highest BCUT2D eigenvalue weighted by molar-refractivity contribution is 5.79. The van der Waals surface area contributed by atoms with Gasteiger partial charge in [0.2, 0.25) is 0 Å². The zero-order valence-corrected chi connectivity index (χ0v) is 13.3. The van der Waals surface area contributed by atoms with Crippen LogP contribution in [0.4, 0.5) is 5.69 Å². The molecule has 0 aromatic heterocycles. The summed E-state index contributed by atoms with van der Waals surface area (Å²) < 4.78 is 0. The number of non-ortho nitro benzene ring substituents is 1. The van der Waals surface area contributed by atoms with Gasteiger partial charge < -0.3 is 10.2 Å². The summed E-state index contributed by atoms with van der Waals surface area (Å²) in [5.41, 5.74) is 2.26. The zero-order chi connectivity index (χ0) is 16.7. The predicted molar refractivity (Wildman–Crippen MR) is 91.2 cm³/mol. The lowest BCUT2D eigenvalue weighted by Gasteiger charge is -2.22. The minimum atomic E-state index is -0.399. The van der Waals surface area contributed by atoms with Crippen LogP contribution >= 0.6 is 0 Å². The summed E-state index contributed by atoms with van der Waals surface area (Å²) in [4.78, 5) is 16.5. The Morgan fingerprint density at radius 3 is 2.35 bits per heavy atom. The number of rotatable bonds is 5. The molecule has 0 spiro atoms. The first-order valence-electron chi connectivity index (χ1n) is 7.29. The molecule has 23 heavy (non-hydrogen) atoms. The molecule has 6 nitrogen and oxygen atoms in total. The molecular weight excluding hydrogens is 292 g/mol. The minimum absolute atomic E-state index is 0.0966. The summed E-state index contributed by atoms with van der Waals surface area (Å²) in [5.74, 6) is 0.771. The van der Waals surface area contributed by atoms with Gasteiger partial charge in [0.1, 0.15) is 0 Å². The monoisotopic (exact) mass is 312 g/mol. The quantitative estimate of drug-likeness (QED) is 0.399. The third-order valence-electron chi connectivity index (χ3n) is 3.43. The average Bonchev–Trinajstić information content (AvgIpc) is 2.56. The summed E-state index contributed by atoms with van der Waals surface area (Å²) in [7, 11) is 3.71. The Hall–Kier alpha value is -2.89. The van der Waals surface area contributed by atoms with Gasteiger partial charge in [0.05, 0.1) is 4.92 Å². The molecule has 0 saturated carbocycles. The van der Waals surface area contributed by atoms with Crippen molar-refractivity contribution in [3.63, 3.8) is 0 Å². The van der Waals surface area contributed by atoms with Gasteiger partial charge >= 0.3 is 0 Å². The molecule has 2 aromatic rings. The van der Waals surface area contributed by atoms with Crippen LogP contribution in [0.2, 0.25) is 0 Å². The molecule has 2 aromatic carbocycles. The van der Waals surface area contributed by atoms with Gasteiger partial charge in [0.25, 0.3) is 5.69 Å². The number of benzene rings is 2. The van der Waals surface area contributed by atoms with Crippen LogP contribution in [0, 0.1) is 10.1 Å². The Labute approximate surface area is 135 Å². The standard InChI is InChI=1S/C17H20N4O2/c1-18-17(20(2)13-15-6-4-3-5-7-15)19-12-14-8-10-16(11-9-14)21(22)23/h3-11H,12-13H2,1-2H3,(H,18,19). The van der Waals surface area contributed by atoms with Gasteiger partial charge in [0, 0.05) is 39.3 Å². The van der Waals surface area contributed by atoms with Crippen molar-refractivity contribution in [1.82, 2.24) is 10.2 Å². The summed E-state index contributed by atoms with van der Waals surface area (Å²) >= 11 is 0. The second-order valence-electron chi connectivity index (χ2n) is 5.17. The first kappa shape index (κ1) is 16.5. The summed E-state index contributed by atoms with van der Waals surface area (Å²) in [6, 6.07) is 16.7. The van der Waals surface area contributed by atoms with Crippen molar-refractivity contribution in [1.29, 1.82) is 0 Å². The molecule has 0 fully saturated rings. The van der Waals surface area contributed by atoms with Gasteiger partial charge in [-0.2, -0.15) is 0 Å². The van der Waals surface area contributed by atoms with E-state index >= 15 is 0 Å². The number of guanidine groups is 1. The van der Waals surface area contributed by atoms with Gasteiger partial charge in [-0.1, -0.05) is 42.5 Å². The lowest BCUT2D eigenvalue weighted by molar-refractivity contribution is -0.384. The van der Waals surface area contributed by atoms with E-state index in [9.17, 15) is 10.1 Å². The van der Waals surface area contributed by atoms with Crippen LogP contribution in [0.5, 0.6) is 0 Å². The molecule has 0 aliphatic carbocycles. The molecule has 2 rings (SSSR count). The van der Waals surface area contributed by atoms with E-state index in [-0.39, 0.29) is 5.69 Å². The smallest absolute Gasteiger partial charge is 0.269 e.